The van der Waals surface area contributed by atoms with Crippen LogP contribution in [0.2, 0.25) is 0 Å². The van der Waals surface area contributed by atoms with Gasteiger partial charge in [0.2, 0.25) is 11.8 Å². The first-order chi connectivity index (χ1) is 15.3. The minimum Gasteiger partial charge on any atom is -0.471 e. The Morgan fingerprint density at radius 3 is 2.56 bits per heavy atom. The second kappa shape index (κ2) is 8.65. The molecular weight excluding hydrogens is 420 g/mol. The quantitative estimate of drug-likeness (QED) is 0.362. The Morgan fingerprint density at radius 2 is 1.97 bits per heavy atom. The Bertz CT molecular complexity index is 1120. The molecule has 0 bridgehead atoms. The van der Waals surface area contributed by atoms with Crippen LogP contribution in [0.15, 0.2) is 30.6 Å². The van der Waals surface area contributed by atoms with E-state index in [0.717, 1.165) is 0 Å². The molecule has 4 atom stereocenters. The third-order valence-corrected chi connectivity index (χ3v) is 5.12. The van der Waals surface area contributed by atoms with Crippen molar-refractivity contribution in [1.29, 1.82) is 0 Å². The van der Waals surface area contributed by atoms with E-state index in [0.29, 0.717) is 22.7 Å². The number of hydrogen-bond acceptors (Lipinski definition) is 10. The van der Waals surface area contributed by atoms with E-state index >= 15 is 0 Å². The number of nitrogens with zero attached hydrogens (tertiary/aromatic N) is 5. The molecule has 1 aromatic carbocycles. The highest BCUT2D eigenvalue weighted by Gasteiger charge is 2.43. The summed E-state index contributed by atoms with van der Waals surface area (Å²) in [5.74, 6) is 0.598. The molecule has 1 aliphatic rings. The molecule has 0 saturated carbocycles. The van der Waals surface area contributed by atoms with Gasteiger partial charge in [-0.3, -0.25) is 14.7 Å². The van der Waals surface area contributed by atoms with Gasteiger partial charge < -0.3 is 25.0 Å². The summed E-state index contributed by atoms with van der Waals surface area (Å²) >= 11 is 0. The summed E-state index contributed by atoms with van der Waals surface area (Å²) in [6, 6.07) is 6.03. The summed E-state index contributed by atoms with van der Waals surface area (Å²) < 4.78 is 13.2. The van der Waals surface area contributed by atoms with Gasteiger partial charge in [-0.05, 0) is 38.5 Å². The molecule has 3 aromatic rings. The van der Waals surface area contributed by atoms with Gasteiger partial charge in [-0.2, -0.15) is 4.98 Å². The lowest BCUT2D eigenvalue weighted by atomic mass is 10.1. The maximum Gasteiger partial charge on any atom is 0.269 e. The van der Waals surface area contributed by atoms with Crippen LogP contribution in [0.3, 0.4) is 0 Å². The Balaban J connectivity index is 1.68. The van der Waals surface area contributed by atoms with E-state index in [2.05, 4.69) is 20.3 Å². The van der Waals surface area contributed by atoms with E-state index in [9.17, 15) is 20.3 Å². The summed E-state index contributed by atoms with van der Waals surface area (Å²) in [5.41, 5.74) is 1.43. The van der Waals surface area contributed by atoms with Gasteiger partial charge in [0.05, 0.1) is 11.0 Å². The predicted octanol–water partition coefficient (Wildman–Crippen LogP) is 1.77. The number of hydrogen-bond donors (Lipinski definition) is 3. The molecule has 32 heavy (non-hydrogen) atoms. The molecule has 0 radical (unpaired) electrons. The summed E-state index contributed by atoms with van der Waals surface area (Å²) in [4.78, 5) is 23.4. The second-order valence-corrected chi connectivity index (χ2v) is 7.88. The highest BCUT2D eigenvalue weighted by atomic mass is 16.6. The number of imidazole rings is 1. The van der Waals surface area contributed by atoms with Gasteiger partial charge in [0.15, 0.2) is 17.4 Å². The molecule has 1 aliphatic heterocycles. The molecule has 4 rings (SSSR count). The van der Waals surface area contributed by atoms with Crippen LogP contribution in [-0.4, -0.2) is 59.0 Å². The molecule has 0 unspecified atom stereocenters. The van der Waals surface area contributed by atoms with Gasteiger partial charge in [-0.1, -0.05) is 0 Å². The molecule has 0 spiro atoms. The number of nitro groups is 1. The summed E-state index contributed by atoms with van der Waals surface area (Å²) in [6.07, 6.45) is -2.38. The van der Waals surface area contributed by atoms with E-state index in [4.69, 9.17) is 9.47 Å². The van der Waals surface area contributed by atoms with Crippen LogP contribution in [0, 0.1) is 10.1 Å². The zero-order valence-corrected chi connectivity index (χ0v) is 17.7. The van der Waals surface area contributed by atoms with Crippen LogP contribution in [-0.2, 0) is 11.3 Å². The van der Waals surface area contributed by atoms with E-state index in [-0.39, 0.29) is 24.2 Å². The summed E-state index contributed by atoms with van der Waals surface area (Å²) in [7, 11) is 0. The minimum atomic E-state index is -1.17. The maximum atomic E-state index is 10.8. The summed E-state index contributed by atoms with van der Waals surface area (Å²) in [6.45, 7) is 5.66. The molecule has 0 amide bonds. The van der Waals surface area contributed by atoms with Crippen molar-refractivity contribution < 1.29 is 24.6 Å². The van der Waals surface area contributed by atoms with Crippen molar-refractivity contribution in [2.45, 2.75) is 58.0 Å². The van der Waals surface area contributed by atoms with E-state index < -0.39 is 29.5 Å². The number of benzene rings is 1. The van der Waals surface area contributed by atoms with Crippen LogP contribution in [0.1, 0.15) is 32.6 Å². The van der Waals surface area contributed by atoms with Gasteiger partial charge in [0.25, 0.3) is 5.69 Å². The van der Waals surface area contributed by atoms with Crippen molar-refractivity contribution in [2.24, 2.45) is 0 Å². The molecule has 0 aliphatic carbocycles. The number of aromatic nitrogens is 4. The number of fused-ring (bicyclic) bond motifs is 1. The zero-order chi connectivity index (χ0) is 23.0. The molecule has 3 heterocycles. The highest BCUT2D eigenvalue weighted by molar-refractivity contribution is 5.79. The normalized spacial score (nSPS) is 23.1. The Labute approximate surface area is 183 Å². The van der Waals surface area contributed by atoms with E-state index in [1.807, 2.05) is 13.8 Å². The molecule has 1 saturated heterocycles. The molecule has 1 fully saturated rings. The maximum absolute atomic E-state index is 10.8. The van der Waals surface area contributed by atoms with Gasteiger partial charge >= 0.3 is 0 Å². The fourth-order valence-corrected chi connectivity index (χ4v) is 3.50. The number of non-ortho nitro benzene ring substituents is 1. The number of nitrogens with one attached hydrogen (secondary N) is 1. The average molecular weight is 444 g/mol. The van der Waals surface area contributed by atoms with Gasteiger partial charge in [-0.25, -0.2) is 9.97 Å². The third-order valence-electron chi connectivity index (χ3n) is 5.12. The molecule has 170 valence electrons. The van der Waals surface area contributed by atoms with Gasteiger partial charge in [-0.15, -0.1) is 0 Å². The Kier molecular flexibility index (Phi) is 5.91. The third kappa shape index (κ3) is 4.07. The van der Waals surface area contributed by atoms with Crippen LogP contribution in [0.25, 0.3) is 11.2 Å². The van der Waals surface area contributed by atoms with Crippen molar-refractivity contribution in [3.63, 3.8) is 0 Å². The van der Waals surface area contributed by atoms with Crippen molar-refractivity contribution in [3.8, 4) is 5.88 Å². The topological polar surface area (TPSA) is 158 Å². The first-order valence-electron chi connectivity index (χ1n) is 10.1. The largest absolute Gasteiger partial charge is 0.471 e. The zero-order valence-electron chi connectivity index (χ0n) is 17.7. The van der Waals surface area contributed by atoms with Crippen molar-refractivity contribution in [1.82, 2.24) is 19.5 Å². The van der Waals surface area contributed by atoms with Crippen LogP contribution < -0.4 is 10.1 Å². The number of rotatable bonds is 7. The second-order valence-electron chi connectivity index (χ2n) is 7.88. The standard InChI is InChI=1S/C20H24N6O6/c1-10(2)23-20-24-14-17(25(20)19-16(28)15(27)11(3)32-19)21-9-22-18(14)31-8-12-4-6-13(7-5-12)26(29)30/h4-7,9-11,15-16,19,27-28H,8H2,1-3H3,(H,23,24)/t11-,15-,16-,19-/m1/s1. The number of aliphatic hydroxyl groups excluding tert-OH is 2. The van der Waals surface area contributed by atoms with Crippen LogP contribution in [0.4, 0.5) is 11.6 Å². The number of nitro benzene ring substituents is 1. The molecule has 12 nitrogen and oxygen atoms in total. The smallest absolute Gasteiger partial charge is 0.269 e. The van der Waals surface area contributed by atoms with E-state index in [1.165, 1.54) is 18.5 Å². The number of aliphatic hydroxyl groups is 2. The van der Waals surface area contributed by atoms with Gasteiger partial charge in [0.1, 0.15) is 25.1 Å². The Hall–Kier alpha value is -3.35. The van der Waals surface area contributed by atoms with Crippen LogP contribution >= 0.6 is 0 Å². The predicted molar refractivity (Wildman–Crippen MR) is 113 cm³/mol. The SMILES string of the molecule is CC(C)Nc1nc2c(OCc3ccc([N+](=O)[O-])cc3)ncnc2n1[C@@H]1O[C@H](C)[C@@H](O)[C@H]1O. The number of ether oxygens (including phenoxy) is 2. The Morgan fingerprint density at radius 1 is 1.25 bits per heavy atom. The minimum absolute atomic E-state index is 0.00661. The average Bonchev–Trinajstić information content (AvgIpc) is 3.23. The molecule has 2 aromatic heterocycles. The lowest BCUT2D eigenvalue weighted by Gasteiger charge is -2.20. The van der Waals surface area contributed by atoms with Crippen molar-refractivity contribution in [2.75, 3.05) is 5.32 Å². The lowest BCUT2D eigenvalue weighted by Crippen LogP contribution is -2.31. The fraction of sp³-hybridized carbons (Fsp3) is 0.450. The lowest BCUT2D eigenvalue weighted by molar-refractivity contribution is -0.384. The first-order valence-corrected chi connectivity index (χ1v) is 10.1. The van der Waals surface area contributed by atoms with Crippen LogP contribution in [0.5, 0.6) is 5.88 Å². The van der Waals surface area contributed by atoms with Gasteiger partial charge in [0, 0.05) is 18.2 Å². The summed E-state index contributed by atoms with van der Waals surface area (Å²) in [5, 5.41) is 34.7. The fourth-order valence-electron chi connectivity index (χ4n) is 3.50. The molecule has 3 N–H and O–H groups in total. The monoisotopic (exact) mass is 444 g/mol. The molecular formula is C20H24N6O6. The first kappa shape index (κ1) is 21.9. The van der Waals surface area contributed by atoms with Crippen molar-refractivity contribution >= 4 is 22.8 Å². The molecule has 12 heteroatoms. The highest BCUT2D eigenvalue weighted by Crippen LogP contribution is 2.36. The van der Waals surface area contributed by atoms with E-state index in [1.54, 1.807) is 23.6 Å². The van der Waals surface area contributed by atoms with Crippen molar-refractivity contribution in [3.05, 3.63) is 46.3 Å². The number of anilines is 1.